The summed E-state index contributed by atoms with van der Waals surface area (Å²) < 4.78 is 0. The van der Waals surface area contributed by atoms with E-state index >= 15 is 0 Å². The second-order valence-electron chi connectivity index (χ2n) is 3.34. The first-order valence-electron chi connectivity index (χ1n) is 4.54. The number of fused-ring (bicyclic) bond motifs is 3. The van der Waals surface area contributed by atoms with Crippen molar-refractivity contribution >= 4 is 16.5 Å². The Morgan fingerprint density at radius 1 is 1.00 bits per heavy atom. The topological polar surface area (TPSA) is 12.0 Å². The SMILES string of the molecule is [CH]1CNc2c1ccc1ccccc21. The second-order valence-corrected chi connectivity index (χ2v) is 3.34. The molecule has 0 saturated carbocycles. The van der Waals surface area contributed by atoms with Gasteiger partial charge < -0.3 is 5.32 Å². The Bertz CT molecular complexity index is 460. The largest absolute Gasteiger partial charge is 0.384 e. The van der Waals surface area contributed by atoms with E-state index in [4.69, 9.17) is 0 Å². The van der Waals surface area contributed by atoms with E-state index < -0.39 is 0 Å². The van der Waals surface area contributed by atoms with Gasteiger partial charge in [0.1, 0.15) is 0 Å². The van der Waals surface area contributed by atoms with Crippen LogP contribution in [0.5, 0.6) is 0 Å². The first kappa shape index (κ1) is 6.96. The molecule has 1 aliphatic heterocycles. The molecular weight excluding hydrogens is 158 g/mol. The predicted octanol–water partition coefficient (Wildman–Crippen LogP) is 2.82. The molecule has 0 amide bonds. The number of rotatable bonds is 0. The standard InChI is InChI=1S/C12H10N/c1-2-4-11-9(3-1)5-6-10-7-8-13-12(10)11/h1-7,13H,8H2. The molecule has 1 heteroatoms. The highest BCUT2D eigenvalue weighted by Gasteiger charge is 2.12. The number of anilines is 1. The molecule has 2 aromatic carbocycles. The number of hydrogen-bond acceptors (Lipinski definition) is 1. The summed E-state index contributed by atoms with van der Waals surface area (Å²) in [5.41, 5.74) is 2.62. The lowest BCUT2D eigenvalue weighted by molar-refractivity contribution is 1.35. The lowest BCUT2D eigenvalue weighted by Gasteiger charge is -2.04. The third-order valence-electron chi connectivity index (χ3n) is 2.56. The molecule has 0 saturated heterocycles. The number of hydrogen-bond donors (Lipinski definition) is 1. The average Bonchev–Trinajstić information content (AvgIpc) is 2.65. The highest BCUT2D eigenvalue weighted by Crippen LogP contribution is 2.31. The fraction of sp³-hybridized carbons (Fsp3) is 0.0833. The Morgan fingerprint density at radius 3 is 2.92 bits per heavy atom. The van der Waals surface area contributed by atoms with E-state index in [9.17, 15) is 0 Å². The Labute approximate surface area is 77.4 Å². The monoisotopic (exact) mass is 168 g/mol. The maximum Gasteiger partial charge on any atom is 0.0456 e. The van der Waals surface area contributed by atoms with Crippen molar-refractivity contribution < 1.29 is 0 Å². The van der Waals surface area contributed by atoms with Crippen molar-refractivity contribution in [3.8, 4) is 0 Å². The molecule has 0 bridgehead atoms. The fourth-order valence-corrected chi connectivity index (χ4v) is 1.92. The average molecular weight is 168 g/mol. The Morgan fingerprint density at radius 2 is 1.92 bits per heavy atom. The van der Waals surface area contributed by atoms with Gasteiger partial charge in [-0.25, -0.2) is 0 Å². The molecule has 0 spiro atoms. The third kappa shape index (κ3) is 0.934. The van der Waals surface area contributed by atoms with Crippen molar-refractivity contribution in [3.63, 3.8) is 0 Å². The van der Waals surface area contributed by atoms with Gasteiger partial charge in [0.25, 0.3) is 0 Å². The Balaban J connectivity index is 2.43. The van der Waals surface area contributed by atoms with Crippen LogP contribution in [0, 0.1) is 6.42 Å². The molecule has 2 aromatic rings. The molecule has 1 N–H and O–H groups in total. The third-order valence-corrected chi connectivity index (χ3v) is 2.56. The van der Waals surface area contributed by atoms with Gasteiger partial charge >= 0.3 is 0 Å². The van der Waals surface area contributed by atoms with Crippen LogP contribution in [0.25, 0.3) is 10.8 Å². The summed E-state index contributed by atoms with van der Waals surface area (Å²) in [5, 5.41) is 6.02. The molecule has 1 aliphatic rings. The van der Waals surface area contributed by atoms with Gasteiger partial charge in [0, 0.05) is 24.0 Å². The maximum absolute atomic E-state index is 3.39. The summed E-state index contributed by atoms with van der Waals surface area (Å²) in [4.78, 5) is 0. The first-order valence-corrected chi connectivity index (χ1v) is 4.54. The first-order chi connectivity index (χ1) is 6.45. The zero-order valence-electron chi connectivity index (χ0n) is 7.25. The molecule has 1 nitrogen and oxygen atoms in total. The van der Waals surface area contributed by atoms with E-state index in [1.807, 2.05) is 0 Å². The summed E-state index contributed by atoms with van der Waals surface area (Å²) >= 11 is 0. The lowest BCUT2D eigenvalue weighted by atomic mass is 10.0. The molecule has 3 rings (SSSR count). The predicted molar refractivity (Wildman–Crippen MR) is 55.8 cm³/mol. The molecule has 0 atom stereocenters. The van der Waals surface area contributed by atoms with Crippen LogP contribution in [0.3, 0.4) is 0 Å². The van der Waals surface area contributed by atoms with Gasteiger partial charge in [-0.2, -0.15) is 0 Å². The highest BCUT2D eigenvalue weighted by molar-refractivity contribution is 5.97. The molecule has 0 aliphatic carbocycles. The van der Waals surface area contributed by atoms with Gasteiger partial charge in [0.15, 0.2) is 0 Å². The highest BCUT2D eigenvalue weighted by atomic mass is 14.9. The molecule has 0 fully saturated rings. The van der Waals surface area contributed by atoms with E-state index in [0.29, 0.717) is 0 Å². The van der Waals surface area contributed by atoms with Crippen LogP contribution >= 0.6 is 0 Å². The van der Waals surface area contributed by atoms with Crippen molar-refractivity contribution in [2.24, 2.45) is 0 Å². The van der Waals surface area contributed by atoms with Crippen LogP contribution in [0.15, 0.2) is 36.4 Å². The zero-order valence-corrected chi connectivity index (χ0v) is 7.25. The summed E-state index contributed by atoms with van der Waals surface area (Å²) in [7, 11) is 0. The molecule has 1 heterocycles. The summed E-state index contributed by atoms with van der Waals surface area (Å²) in [6, 6.07) is 12.8. The van der Waals surface area contributed by atoms with Gasteiger partial charge in [0.2, 0.25) is 0 Å². The van der Waals surface area contributed by atoms with Crippen LogP contribution in [0.2, 0.25) is 0 Å². The van der Waals surface area contributed by atoms with E-state index in [-0.39, 0.29) is 0 Å². The number of nitrogens with one attached hydrogen (secondary N) is 1. The fourth-order valence-electron chi connectivity index (χ4n) is 1.92. The van der Waals surface area contributed by atoms with Gasteiger partial charge in [0.05, 0.1) is 0 Å². The number of benzene rings is 2. The minimum Gasteiger partial charge on any atom is -0.384 e. The lowest BCUT2D eigenvalue weighted by Crippen LogP contribution is -1.90. The van der Waals surface area contributed by atoms with Crippen molar-refractivity contribution in [3.05, 3.63) is 48.4 Å². The second kappa shape index (κ2) is 2.49. The van der Waals surface area contributed by atoms with Gasteiger partial charge in [-0.05, 0) is 10.9 Å². The Hall–Kier alpha value is -1.50. The minimum atomic E-state index is 0.962. The van der Waals surface area contributed by atoms with Crippen LogP contribution < -0.4 is 5.32 Å². The molecule has 0 unspecified atom stereocenters. The summed E-state index contributed by atoms with van der Waals surface area (Å²) in [6.07, 6.45) is 2.22. The zero-order chi connectivity index (χ0) is 8.67. The van der Waals surface area contributed by atoms with Crippen LogP contribution in [0.4, 0.5) is 5.69 Å². The van der Waals surface area contributed by atoms with Crippen LogP contribution in [-0.2, 0) is 0 Å². The van der Waals surface area contributed by atoms with Crippen molar-refractivity contribution in [1.82, 2.24) is 0 Å². The van der Waals surface area contributed by atoms with E-state index in [2.05, 4.69) is 48.1 Å². The van der Waals surface area contributed by atoms with Crippen molar-refractivity contribution in [1.29, 1.82) is 0 Å². The van der Waals surface area contributed by atoms with Crippen LogP contribution in [-0.4, -0.2) is 6.54 Å². The normalized spacial score (nSPS) is 14.2. The van der Waals surface area contributed by atoms with Gasteiger partial charge in [-0.15, -0.1) is 0 Å². The summed E-state index contributed by atoms with van der Waals surface area (Å²) in [6.45, 7) is 0.962. The molecule has 13 heavy (non-hydrogen) atoms. The molecule has 1 radical (unpaired) electrons. The van der Waals surface area contributed by atoms with E-state index in [1.54, 1.807) is 0 Å². The van der Waals surface area contributed by atoms with Gasteiger partial charge in [-0.1, -0.05) is 36.4 Å². The van der Waals surface area contributed by atoms with Crippen molar-refractivity contribution in [2.45, 2.75) is 0 Å². The molecule has 0 aromatic heterocycles. The maximum atomic E-state index is 3.39. The molecule has 63 valence electrons. The Kier molecular flexibility index (Phi) is 1.33. The smallest absolute Gasteiger partial charge is 0.0456 e. The quantitative estimate of drug-likeness (QED) is 0.637. The van der Waals surface area contributed by atoms with Gasteiger partial charge in [-0.3, -0.25) is 0 Å². The van der Waals surface area contributed by atoms with E-state index in [0.717, 1.165) is 6.54 Å². The molecular formula is C12H10N. The van der Waals surface area contributed by atoms with E-state index in [1.165, 1.54) is 22.0 Å². The van der Waals surface area contributed by atoms with Crippen molar-refractivity contribution in [2.75, 3.05) is 11.9 Å². The van der Waals surface area contributed by atoms with Crippen LogP contribution in [0.1, 0.15) is 5.56 Å². The summed E-state index contributed by atoms with van der Waals surface area (Å²) in [5.74, 6) is 0. The minimum absolute atomic E-state index is 0.962.